The van der Waals surface area contributed by atoms with Crippen LogP contribution in [0.5, 0.6) is 0 Å². The highest BCUT2D eigenvalue weighted by Crippen LogP contribution is 2.15. The third-order valence-corrected chi connectivity index (χ3v) is 5.26. The molecule has 0 radical (unpaired) electrons. The molecule has 0 rings (SSSR count). The van der Waals surface area contributed by atoms with Gasteiger partial charge in [-0.3, -0.25) is 0 Å². The summed E-state index contributed by atoms with van der Waals surface area (Å²) in [5.74, 6) is 0.262. The first-order valence-electron chi connectivity index (χ1n) is 4.64. The molecule has 0 heterocycles. The van der Waals surface area contributed by atoms with E-state index in [1.165, 1.54) is 0 Å². The van der Waals surface area contributed by atoms with Gasteiger partial charge in [0.1, 0.15) is 5.78 Å². The van der Waals surface area contributed by atoms with Crippen molar-refractivity contribution in [3.63, 3.8) is 0 Å². The molecule has 0 N–H and O–H groups in total. The number of rotatable bonds is 7. The van der Waals surface area contributed by atoms with Crippen LogP contribution in [0.2, 0.25) is 12.6 Å². The van der Waals surface area contributed by atoms with Crippen molar-refractivity contribution in [2.45, 2.75) is 38.8 Å². The summed E-state index contributed by atoms with van der Waals surface area (Å²) < 4.78 is 10.7. The molecule has 78 valence electrons. The molecule has 3 nitrogen and oxygen atoms in total. The molecule has 0 saturated carbocycles. The maximum atomic E-state index is 10.7. The maximum absolute atomic E-state index is 10.7. The first-order chi connectivity index (χ1) is 6.04. The van der Waals surface area contributed by atoms with Gasteiger partial charge in [0.25, 0.3) is 0 Å². The van der Waals surface area contributed by atoms with Crippen molar-refractivity contribution < 1.29 is 13.6 Å². The lowest BCUT2D eigenvalue weighted by molar-refractivity contribution is -0.117. The van der Waals surface area contributed by atoms with Crippen LogP contribution >= 0.6 is 0 Å². The average Bonchev–Trinajstić information content (AvgIpc) is 2.12. The van der Waals surface area contributed by atoms with Gasteiger partial charge >= 0.3 is 8.56 Å². The average molecular weight is 204 g/mol. The molecule has 0 bridgehead atoms. The van der Waals surface area contributed by atoms with E-state index in [1.807, 2.05) is 6.55 Å². The van der Waals surface area contributed by atoms with Crippen molar-refractivity contribution in [3.8, 4) is 0 Å². The Morgan fingerprint density at radius 2 is 1.77 bits per heavy atom. The minimum Gasteiger partial charge on any atom is -0.398 e. The van der Waals surface area contributed by atoms with E-state index in [2.05, 4.69) is 0 Å². The molecule has 0 aliphatic heterocycles. The van der Waals surface area contributed by atoms with E-state index in [-0.39, 0.29) is 5.78 Å². The fraction of sp³-hybridized carbons (Fsp3) is 0.889. The summed E-state index contributed by atoms with van der Waals surface area (Å²) in [5.41, 5.74) is 0. The molecule has 0 aliphatic rings. The van der Waals surface area contributed by atoms with Crippen molar-refractivity contribution in [2.24, 2.45) is 0 Å². The topological polar surface area (TPSA) is 35.5 Å². The predicted octanol–water partition coefficient (Wildman–Crippen LogP) is 2.11. The quantitative estimate of drug-likeness (QED) is 0.470. The lowest BCUT2D eigenvalue weighted by atomic mass is 10.2. The van der Waals surface area contributed by atoms with Crippen LogP contribution in [0, 0.1) is 0 Å². The molecule has 13 heavy (non-hydrogen) atoms. The van der Waals surface area contributed by atoms with Gasteiger partial charge in [-0.2, -0.15) is 0 Å². The van der Waals surface area contributed by atoms with E-state index in [1.54, 1.807) is 21.1 Å². The van der Waals surface area contributed by atoms with E-state index >= 15 is 0 Å². The number of hydrogen-bond donors (Lipinski definition) is 0. The van der Waals surface area contributed by atoms with Crippen LogP contribution in [0.25, 0.3) is 0 Å². The molecular formula is C9H20O3Si. The van der Waals surface area contributed by atoms with Crippen molar-refractivity contribution in [2.75, 3.05) is 14.2 Å². The highest BCUT2D eigenvalue weighted by molar-refractivity contribution is 6.65. The Balaban J connectivity index is 3.55. The van der Waals surface area contributed by atoms with Crippen molar-refractivity contribution in [1.29, 1.82) is 0 Å². The van der Waals surface area contributed by atoms with Crippen molar-refractivity contribution in [1.82, 2.24) is 0 Å². The molecule has 0 atom stereocenters. The largest absolute Gasteiger partial charge is 0.398 e. The van der Waals surface area contributed by atoms with Crippen LogP contribution in [0.15, 0.2) is 0 Å². The molecule has 0 aliphatic carbocycles. The predicted molar refractivity (Wildman–Crippen MR) is 55.0 cm³/mol. The SMILES string of the molecule is CO[Si](C)(CCCCC(C)=O)OC. The van der Waals surface area contributed by atoms with Gasteiger partial charge in [-0.25, -0.2) is 0 Å². The zero-order valence-corrected chi connectivity index (χ0v) is 10.1. The monoisotopic (exact) mass is 204 g/mol. The number of ketones is 1. The molecule has 0 saturated heterocycles. The maximum Gasteiger partial charge on any atom is 0.334 e. The standard InChI is InChI=1S/C9H20O3Si/c1-9(10)7-5-6-8-13(4,11-2)12-3/h5-8H2,1-4H3. The van der Waals surface area contributed by atoms with E-state index in [4.69, 9.17) is 8.85 Å². The zero-order valence-electron chi connectivity index (χ0n) is 9.05. The molecule has 0 unspecified atom stereocenters. The van der Waals surface area contributed by atoms with E-state index < -0.39 is 8.56 Å². The number of hydrogen-bond acceptors (Lipinski definition) is 3. The molecular weight excluding hydrogens is 184 g/mol. The van der Waals surface area contributed by atoms with Crippen LogP contribution in [-0.2, 0) is 13.6 Å². The summed E-state index contributed by atoms with van der Waals surface area (Å²) in [6, 6.07) is 0.966. The third-order valence-electron chi connectivity index (χ3n) is 2.27. The Kier molecular flexibility index (Phi) is 6.20. The molecule has 0 amide bonds. The number of Topliss-reactive ketones (excluding diaryl/α,β-unsaturated/α-hetero) is 1. The van der Waals surface area contributed by atoms with E-state index in [0.717, 1.165) is 18.9 Å². The van der Waals surface area contributed by atoms with Gasteiger partial charge < -0.3 is 13.6 Å². The second-order valence-electron chi connectivity index (χ2n) is 3.45. The zero-order chi connectivity index (χ0) is 10.3. The molecule has 4 heteroatoms. The summed E-state index contributed by atoms with van der Waals surface area (Å²) in [5, 5.41) is 0. The molecule has 0 fully saturated rings. The Morgan fingerprint density at radius 1 is 1.23 bits per heavy atom. The summed E-state index contributed by atoms with van der Waals surface area (Å²) >= 11 is 0. The van der Waals surface area contributed by atoms with Crippen LogP contribution in [-0.4, -0.2) is 28.6 Å². The summed E-state index contributed by atoms with van der Waals surface area (Å²) in [4.78, 5) is 10.7. The fourth-order valence-corrected chi connectivity index (χ4v) is 2.57. The van der Waals surface area contributed by atoms with Gasteiger partial charge in [0, 0.05) is 20.6 Å². The molecule has 0 spiro atoms. The smallest absolute Gasteiger partial charge is 0.334 e. The van der Waals surface area contributed by atoms with Gasteiger partial charge in [0.2, 0.25) is 0 Å². The van der Waals surface area contributed by atoms with E-state index in [0.29, 0.717) is 6.42 Å². The molecule has 0 aromatic heterocycles. The summed E-state index contributed by atoms with van der Waals surface area (Å²) in [6.07, 6.45) is 2.65. The highest BCUT2D eigenvalue weighted by atomic mass is 28.4. The second-order valence-corrected chi connectivity index (χ2v) is 7.04. The Bertz CT molecular complexity index is 155. The van der Waals surface area contributed by atoms with Gasteiger partial charge in [0.15, 0.2) is 0 Å². The number of unbranched alkanes of at least 4 members (excludes halogenated alkanes) is 1. The van der Waals surface area contributed by atoms with Crippen LogP contribution in [0.1, 0.15) is 26.2 Å². The normalized spacial score (nSPS) is 11.7. The first kappa shape index (κ1) is 12.8. The van der Waals surface area contributed by atoms with Crippen LogP contribution in [0.4, 0.5) is 0 Å². The summed E-state index contributed by atoms with van der Waals surface area (Å²) in [7, 11) is 1.51. The van der Waals surface area contributed by atoms with Crippen LogP contribution in [0.3, 0.4) is 0 Å². The minimum atomic E-state index is -1.88. The number of carbonyl (C=O) groups excluding carboxylic acids is 1. The third kappa shape index (κ3) is 5.96. The Hall–Kier alpha value is -0.193. The van der Waals surface area contributed by atoms with Crippen molar-refractivity contribution >= 4 is 14.3 Å². The van der Waals surface area contributed by atoms with Gasteiger partial charge in [0.05, 0.1) is 0 Å². The van der Waals surface area contributed by atoms with Gasteiger partial charge in [-0.15, -0.1) is 0 Å². The lowest BCUT2D eigenvalue weighted by Crippen LogP contribution is -2.35. The number of carbonyl (C=O) groups is 1. The molecule has 0 aromatic rings. The van der Waals surface area contributed by atoms with Crippen molar-refractivity contribution in [3.05, 3.63) is 0 Å². The minimum absolute atomic E-state index is 0.262. The Morgan fingerprint density at radius 3 is 2.15 bits per heavy atom. The summed E-state index contributed by atoms with van der Waals surface area (Å²) in [6.45, 7) is 3.67. The first-order valence-corrected chi connectivity index (χ1v) is 7.16. The lowest BCUT2D eigenvalue weighted by Gasteiger charge is -2.22. The molecule has 0 aromatic carbocycles. The van der Waals surface area contributed by atoms with Crippen LogP contribution < -0.4 is 0 Å². The Labute approximate surface area is 81.7 Å². The van der Waals surface area contributed by atoms with Gasteiger partial charge in [-0.05, 0) is 25.9 Å². The van der Waals surface area contributed by atoms with Gasteiger partial charge in [-0.1, -0.05) is 6.42 Å². The second kappa shape index (κ2) is 6.29. The van der Waals surface area contributed by atoms with E-state index in [9.17, 15) is 4.79 Å². The fourth-order valence-electron chi connectivity index (χ4n) is 1.11. The highest BCUT2D eigenvalue weighted by Gasteiger charge is 2.27.